The lowest BCUT2D eigenvalue weighted by molar-refractivity contribution is -0.141. The van der Waals surface area contributed by atoms with Gasteiger partial charge in [0.15, 0.2) is 9.76 Å². The molecule has 0 aliphatic carbocycles. The Balaban J connectivity index is 2.14. The Kier molecular flexibility index (Phi) is 5.65. The first-order valence-corrected chi connectivity index (χ1v) is 9.65. The van der Waals surface area contributed by atoms with Gasteiger partial charge in [0.1, 0.15) is 0 Å². The molecule has 0 radical (unpaired) electrons. The second-order valence-electron chi connectivity index (χ2n) is 8.11. The largest absolute Gasteiger partial charge is 0.416 e. The number of nitrogens with one attached hydrogen (secondary N) is 1. The Labute approximate surface area is 142 Å². The Bertz CT molecular complexity index is 526. The minimum Gasteiger partial charge on any atom is -0.416 e. The van der Waals surface area contributed by atoms with Gasteiger partial charge in [-0.05, 0) is 24.4 Å². The van der Waals surface area contributed by atoms with Crippen LogP contribution in [-0.4, -0.2) is 45.3 Å². The Morgan fingerprint density at radius 1 is 1.22 bits per heavy atom. The van der Waals surface area contributed by atoms with E-state index in [1.54, 1.807) is 0 Å². The number of carbonyl (C=O) groups excluding carboxylic acids is 1. The van der Waals surface area contributed by atoms with Crippen molar-refractivity contribution < 1.29 is 9.22 Å². The second kappa shape index (κ2) is 7.15. The molecule has 1 fully saturated rings. The molecule has 128 valence electrons. The first-order chi connectivity index (χ1) is 10.7. The third-order valence-electron chi connectivity index (χ3n) is 4.19. The van der Waals surface area contributed by atoms with Crippen LogP contribution in [0.2, 0.25) is 5.04 Å². The first-order valence-electron chi connectivity index (χ1n) is 8.37. The summed E-state index contributed by atoms with van der Waals surface area (Å²) < 4.78 is 6.35. The predicted octanol–water partition coefficient (Wildman–Crippen LogP) is 2.08. The van der Waals surface area contributed by atoms with Gasteiger partial charge in [-0.1, -0.05) is 51.1 Å². The number of benzene rings is 1. The van der Waals surface area contributed by atoms with E-state index >= 15 is 0 Å². The normalized spacial score (nSPS) is 20.5. The van der Waals surface area contributed by atoms with Crippen LogP contribution in [0.25, 0.3) is 0 Å². The minimum atomic E-state index is -0.675. The average molecular weight is 335 g/mol. The van der Waals surface area contributed by atoms with Crippen LogP contribution in [0.15, 0.2) is 30.3 Å². The quantitative estimate of drug-likeness (QED) is 0.838. The smallest absolute Gasteiger partial charge is 0.237 e. The van der Waals surface area contributed by atoms with Crippen molar-refractivity contribution in [1.29, 1.82) is 0 Å². The van der Waals surface area contributed by atoms with Crippen molar-refractivity contribution in [3.05, 3.63) is 35.9 Å². The highest BCUT2D eigenvalue weighted by atomic mass is 28.2. The van der Waals surface area contributed by atoms with E-state index in [2.05, 4.69) is 52.1 Å². The minimum absolute atomic E-state index is 0.0545. The highest BCUT2D eigenvalue weighted by molar-refractivity contribution is 6.31. The van der Waals surface area contributed by atoms with Crippen molar-refractivity contribution in [3.63, 3.8) is 0 Å². The maximum atomic E-state index is 12.5. The van der Waals surface area contributed by atoms with Gasteiger partial charge >= 0.3 is 0 Å². The summed E-state index contributed by atoms with van der Waals surface area (Å²) in [4.78, 5) is 14.5. The zero-order chi connectivity index (χ0) is 17.1. The zero-order valence-corrected chi connectivity index (χ0v) is 16.5. The molecule has 5 heteroatoms. The SMILES string of the molecule is CC(C)(C)[SiH2]OC(C)(C)C1CNCC(=O)N1Cc1ccccc1. The van der Waals surface area contributed by atoms with Gasteiger partial charge in [0.2, 0.25) is 5.91 Å². The molecule has 0 aromatic heterocycles. The summed E-state index contributed by atoms with van der Waals surface area (Å²) in [5.74, 6) is 0.152. The second-order valence-corrected chi connectivity index (χ2v) is 10.8. The number of hydrogen-bond donors (Lipinski definition) is 1. The van der Waals surface area contributed by atoms with Gasteiger partial charge in [0, 0.05) is 13.1 Å². The number of rotatable bonds is 5. The van der Waals surface area contributed by atoms with Crippen molar-refractivity contribution in [2.24, 2.45) is 0 Å². The van der Waals surface area contributed by atoms with Gasteiger partial charge in [0.05, 0.1) is 18.2 Å². The summed E-state index contributed by atoms with van der Waals surface area (Å²) >= 11 is 0. The summed E-state index contributed by atoms with van der Waals surface area (Å²) in [6.45, 7) is 12.8. The molecule has 1 aromatic carbocycles. The van der Waals surface area contributed by atoms with Crippen LogP contribution in [-0.2, 0) is 15.8 Å². The first kappa shape index (κ1) is 18.2. The fourth-order valence-electron chi connectivity index (χ4n) is 2.80. The van der Waals surface area contributed by atoms with Crippen LogP contribution in [0.1, 0.15) is 40.2 Å². The van der Waals surface area contributed by atoms with E-state index in [-0.39, 0.29) is 22.6 Å². The van der Waals surface area contributed by atoms with E-state index in [0.717, 1.165) is 12.1 Å². The molecule has 1 heterocycles. The maximum absolute atomic E-state index is 12.5. The molecule has 1 aromatic rings. The van der Waals surface area contributed by atoms with Crippen LogP contribution in [0.5, 0.6) is 0 Å². The maximum Gasteiger partial charge on any atom is 0.237 e. The van der Waals surface area contributed by atoms with Gasteiger partial charge in [-0.15, -0.1) is 0 Å². The fourth-order valence-corrected chi connectivity index (χ4v) is 3.80. The van der Waals surface area contributed by atoms with E-state index in [4.69, 9.17) is 4.43 Å². The lowest BCUT2D eigenvalue weighted by Crippen LogP contribution is -2.63. The lowest BCUT2D eigenvalue weighted by Gasteiger charge is -2.46. The Morgan fingerprint density at radius 2 is 1.87 bits per heavy atom. The molecule has 1 amide bonds. The van der Waals surface area contributed by atoms with Crippen molar-refractivity contribution in [2.45, 2.75) is 57.8 Å². The van der Waals surface area contributed by atoms with Crippen molar-refractivity contribution in [3.8, 4) is 0 Å². The molecule has 2 rings (SSSR count). The van der Waals surface area contributed by atoms with Crippen LogP contribution in [0, 0.1) is 0 Å². The van der Waals surface area contributed by atoms with Gasteiger partial charge in [-0.2, -0.15) is 0 Å². The summed E-state index contributed by atoms with van der Waals surface area (Å²) in [6.07, 6.45) is 0. The van der Waals surface area contributed by atoms with E-state index in [1.807, 2.05) is 23.1 Å². The third kappa shape index (κ3) is 5.16. The monoisotopic (exact) mass is 334 g/mol. The molecule has 1 aliphatic rings. The number of hydrogen-bond acceptors (Lipinski definition) is 3. The fraction of sp³-hybridized carbons (Fsp3) is 0.611. The average Bonchev–Trinajstić information content (AvgIpc) is 2.48. The van der Waals surface area contributed by atoms with E-state index in [0.29, 0.717) is 13.1 Å². The van der Waals surface area contributed by atoms with Crippen LogP contribution in [0.4, 0.5) is 0 Å². The zero-order valence-electron chi connectivity index (χ0n) is 15.1. The highest BCUT2D eigenvalue weighted by Gasteiger charge is 2.40. The molecule has 0 saturated carbocycles. The Hall–Kier alpha value is -1.17. The summed E-state index contributed by atoms with van der Waals surface area (Å²) in [5, 5.41) is 3.49. The molecule has 1 saturated heterocycles. The molecule has 1 aliphatic heterocycles. The van der Waals surface area contributed by atoms with Crippen LogP contribution < -0.4 is 5.32 Å². The van der Waals surface area contributed by atoms with E-state index in [9.17, 15) is 4.79 Å². The Morgan fingerprint density at radius 3 is 2.48 bits per heavy atom. The van der Waals surface area contributed by atoms with Gasteiger partial charge < -0.3 is 14.6 Å². The van der Waals surface area contributed by atoms with E-state index in [1.165, 1.54) is 0 Å². The molecule has 1 atom stereocenters. The van der Waals surface area contributed by atoms with Crippen LogP contribution in [0.3, 0.4) is 0 Å². The van der Waals surface area contributed by atoms with E-state index < -0.39 is 9.76 Å². The number of amides is 1. The van der Waals surface area contributed by atoms with Crippen molar-refractivity contribution >= 4 is 15.7 Å². The molecule has 23 heavy (non-hydrogen) atoms. The topological polar surface area (TPSA) is 41.6 Å². The molecule has 0 spiro atoms. The van der Waals surface area contributed by atoms with Crippen molar-refractivity contribution in [1.82, 2.24) is 10.2 Å². The molecular formula is C18H30N2O2Si. The molecule has 1 unspecified atom stereocenters. The number of carbonyl (C=O) groups is 1. The van der Waals surface area contributed by atoms with Gasteiger partial charge in [-0.3, -0.25) is 4.79 Å². The van der Waals surface area contributed by atoms with Gasteiger partial charge in [-0.25, -0.2) is 0 Å². The predicted molar refractivity (Wildman–Crippen MR) is 97.1 cm³/mol. The molecular weight excluding hydrogens is 304 g/mol. The number of piperazine rings is 1. The standard InChI is InChI=1S/C18H30N2O2Si/c1-17(2,3)23-22-18(4,5)15-11-19-12-16(21)20(15)13-14-9-7-6-8-10-14/h6-10,15,19H,11-13,23H2,1-5H3. The molecule has 1 N–H and O–H groups in total. The van der Waals surface area contributed by atoms with Gasteiger partial charge in [0.25, 0.3) is 0 Å². The molecule has 4 nitrogen and oxygen atoms in total. The van der Waals surface area contributed by atoms with Crippen molar-refractivity contribution in [2.75, 3.05) is 13.1 Å². The van der Waals surface area contributed by atoms with Crippen LogP contribution >= 0.6 is 0 Å². The summed E-state index contributed by atoms with van der Waals surface area (Å²) in [6, 6.07) is 10.2. The lowest BCUT2D eigenvalue weighted by atomic mass is 9.95. The number of nitrogens with zero attached hydrogens (tertiary/aromatic N) is 1. The third-order valence-corrected chi connectivity index (χ3v) is 5.94. The summed E-state index contributed by atoms with van der Waals surface area (Å²) in [5.41, 5.74) is 0.828. The molecule has 0 bridgehead atoms. The highest BCUT2D eigenvalue weighted by Crippen LogP contribution is 2.28. The summed E-state index contributed by atoms with van der Waals surface area (Å²) in [7, 11) is -0.675.